The summed E-state index contributed by atoms with van der Waals surface area (Å²) >= 11 is 0. The standard InChI is InChI=1S/C19H20N2O7/c1-3-13-4-7-15(8-5-13)27-12-19(23)28-11-18(22)20-16-9-6-14(21(24)25)10-17(16)26-2/h4-10H,3,11-12H2,1-2H3,(H,20,22). The zero-order valence-corrected chi connectivity index (χ0v) is 15.5. The third-order valence-corrected chi connectivity index (χ3v) is 3.72. The van der Waals surface area contributed by atoms with Crippen LogP contribution >= 0.6 is 0 Å². The monoisotopic (exact) mass is 388 g/mol. The van der Waals surface area contributed by atoms with Crippen LogP contribution in [0.15, 0.2) is 42.5 Å². The van der Waals surface area contributed by atoms with Gasteiger partial charge in [0.2, 0.25) is 0 Å². The van der Waals surface area contributed by atoms with Crippen molar-refractivity contribution in [3.8, 4) is 11.5 Å². The van der Waals surface area contributed by atoms with E-state index in [0.717, 1.165) is 12.0 Å². The van der Waals surface area contributed by atoms with Crippen molar-refractivity contribution in [2.75, 3.05) is 25.6 Å². The molecule has 9 nitrogen and oxygen atoms in total. The quantitative estimate of drug-likeness (QED) is 0.399. The molecule has 0 saturated carbocycles. The number of anilines is 1. The fourth-order valence-electron chi connectivity index (χ4n) is 2.23. The molecule has 28 heavy (non-hydrogen) atoms. The molecular formula is C19H20N2O7. The van der Waals surface area contributed by atoms with Gasteiger partial charge in [0, 0.05) is 6.07 Å². The van der Waals surface area contributed by atoms with Gasteiger partial charge < -0.3 is 19.5 Å². The summed E-state index contributed by atoms with van der Waals surface area (Å²) in [5.41, 5.74) is 1.19. The van der Waals surface area contributed by atoms with Crippen LogP contribution in [0.25, 0.3) is 0 Å². The maximum absolute atomic E-state index is 11.9. The molecular weight excluding hydrogens is 368 g/mol. The molecule has 0 bridgehead atoms. The van der Waals surface area contributed by atoms with E-state index in [1.54, 1.807) is 12.1 Å². The lowest BCUT2D eigenvalue weighted by atomic mass is 10.2. The number of nitro benzene ring substituents is 1. The summed E-state index contributed by atoms with van der Waals surface area (Å²) in [6.07, 6.45) is 0.900. The molecule has 0 aromatic heterocycles. The fourth-order valence-corrected chi connectivity index (χ4v) is 2.23. The molecule has 2 aromatic carbocycles. The van der Waals surface area contributed by atoms with Crippen molar-refractivity contribution in [3.63, 3.8) is 0 Å². The first kappa shape index (κ1) is 20.7. The van der Waals surface area contributed by atoms with Crippen LogP contribution in [-0.4, -0.2) is 37.1 Å². The van der Waals surface area contributed by atoms with Gasteiger partial charge in [0.15, 0.2) is 13.2 Å². The number of ether oxygens (including phenoxy) is 3. The normalized spacial score (nSPS) is 10.1. The minimum atomic E-state index is -0.703. The summed E-state index contributed by atoms with van der Waals surface area (Å²) in [5, 5.41) is 13.2. The third-order valence-electron chi connectivity index (χ3n) is 3.72. The van der Waals surface area contributed by atoms with E-state index in [-0.39, 0.29) is 23.7 Å². The molecule has 1 amide bonds. The Morgan fingerprint density at radius 3 is 2.43 bits per heavy atom. The van der Waals surface area contributed by atoms with Gasteiger partial charge in [0.05, 0.1) is 23.8 Å². The first-order valence-electron chi connectivity index (χ1n) is 8.42. The number of rotatable bonds is 9. The Labute approximate surface area is 161 Å². The highest BCUT2D eigenvalue weighted by Gasteiger charge is 2.14. The molecule has 0 aliphatic carbocycles. The number of non-ortho nitro benzene ring substituents is 1. The van der Waals surface area contributed by atoms with Crippen LogP contribution in [0.2, 0.25) is 0 Å². The van der Waals surface area contributed by atoms with Crippen LogP contribution in [0, 0.1) is 10.1 Å². The van der Waals surface area contributed by atoms with E-state index in [0.29, 0.717) is 5.75 Å². The molecule has 0 atom stereocenters. The molecule has 0 spiro atoms. The van der Waals surface area contributed by atoms with Crippen LogP contribution in [0.4, 0.5) is 11.4 Å². The molecule has 2 rings (SSSR count). The van der Waals surface area contributed by atoms with Crippen LogP contribution in [0.3, 0.4) is 0 Å². The number of carbonyl (C=O) groups excluding carboxylic acids is 2. The predicted octanol–water partition coefficient (Wildman–Crippen LogP) is 2.73. The lowest BCUT2D eigenvalue weighted by Crippen LogP contribution is -2.23. The molecule has 0 saturated heterocycles. The number of methoxy groups -OCH3 is 1. The number of aryl methyl sites for hydroxylation is 1. The smallest absolute Gasteiger partial charge is 0.344 e. The average Bonchev–Trinajstić information content (AvgIpc) is 2.71. The number of esters is 1. The lowest BCUT2D eigenvalue weighted by molar-refractivity contribution is -0.384. The van der Waals surface area contributed by atoms with Gasteiger partial charge in [-0.25, -0.2) is 4.79 Å². The fraction of sp³-hybridized carbons (Fsp3) is 0.263. The van der Waals surface area contributed by atoms with E-state index in [4.69, 9.17) is 14.2 Å². The lowest BCUT2D eigenvalue weighted by Gasteiger charge is -2.10. The Bertz CT molecular complexity index is 850. The Morgan fingerprint density at radius 2 is 1.82 bits per heavy atom. The van der Waals surface area contributed by atoms with Gasteiger partial charge in [0.1, 0.15) is 11.5 Å². The van der Waals surface area contributed by atoms with Crippen molar-refractivity contribution in [3.05, 3.63) is 58.1 Å². The van der Waals surface area contributed by atoms with E-state index in [9.17, 15) is 19.7 Å². The number of hydrogen-bond donors (Lipinski definition) is 1. The number of amides is 1. The second kappa shape index (κ2) is 9.91. The number of carbonyl (C=O) groups is 2. The van der Waals surface area contributed by atoms with Crippen molar-refractivity contribution in [2.24, 2.45) is 0 Å². The van der Waals surface area contributed by atoms with Gasteiger partial charge in [-0.1, -0.05) is 19.1 Å². The van der Waals surface area contributed by atoms with Crippen LogP contribution in [-0.2, 0) is 20.7 Å². The summed E-state index contributed by atoms with van der Waals surface area (Å²) in [6.45, 7) is 1.17. The van der Waals surface area contributed by atoms with E-state index in [1.807, 2.05) is 19.1 Å². The van der Waals surface area contributed by atoms with Crippen molar-refractivity contribution < 1.29 is 28.7 Å². The third kappa shape index (κ3) is 5.97. The van der Waals surface area contributed by atoms with Crippen molar-refractivity contribution >= 4 is 23.3 Å². The zero-order valence-electron chi connectivity index (χ0n) is 15.5. The van der Waals surface area contributed by atoms with E-state index in [1.165, 1.54) is 25.3 Å². The number of nitrogens with one attached hydrogen (secondary N) is 1. The highest BCUT2D eigenvalue weighted by atomic mass is 16.6. The summed E-state index contributed by atoms with van der Waals surface area (Å²) in [5.74, 6) is -0.680. The summed E-state index contributed by atoms with van der Waals surface area (Å²) in [6, 6.07) is 11.0. The van der Waals surface area contributed by atoms with E-state index in [2.05, 4.69) is 5.32 Å². The molecule has 9 heteroatoms. The molecule has 1 N–H and O–H groups in total. The first-order valence-corrected chi connectivity index (χ1v) is 8.42. The van der Waals surface area contributed by atoms with Gasteiger partial charge in [-0.3, -0.25) is 14.9 Å². The highest BCUT2D eigenvalue weighted by Crippen LogP contribution is 2.28. The highest BCUT2D eigenvalue weighted by molar-refractivity contribution is 5.94. The van der Waals surface area contributed by atoms with Crippen molar-refractivity contribution in [1.29, 1.82) is 0 Å². The largest absolute Gasteiger partial charge is 0.494 e. The maximum atomic E-state index is 11.9. The number of benzene rings is 2. The van der Waals surface area contributed by atoms with Gasteiger partial charge in [-0.05, 0) is 30.2 Å². The Hall–Kier alpha value is -3.62. The minimum absolute atomic E-state index is 0.118. The molecule has 0 fully saturated rings. The maximum Gasteiger partial charge on any atom is 0.344 e. The van der Waals surface area contributed by atoms with Gasteiger partial charge in [-0.15, -0.1) is 0 Å². The molecule has 0 heterocycles. The summed E-state index contributed by atoms with van der Waals surface area (Å²) < 4.78 is 15.2. The van der Waals surface area contributed by atoms with Gasteiger partial charge >= 0.3 is 5.97 Å². The van der Waals surface area contributed by atoms with Crippen LogP contribution in [0.5, 0.6) is 11.5 Å². The number of nitrogens with zero attached hydrogens (tertiary/aromatic N) is 1. The molecule has 0 unspecified atom stereocenters. The summed E-state index contributed by atoms with van der Waals surface area (Å²) in [7, 11) is 1.32. The Kier molecular flexibility index (Phi) is 7.32. The number of nitro groups is 1. The molecule has 2 aromatic rings. The minimum Gasteiger partial charge on any atom is -0.494 e. The second-order valence-corrected chi connectivity index (χ2v) is 5.64. The predicted molar refractivity (Wildman–Crippen MR) is 101 cm³/mol. The zero-order chi connectivity index (χ0) is 20.5. The van der Waals surface area contributed by atoms with E-state index < -0.39 is 23.4 Å². The van der Waals surface area contributed by atoms with Crippen molar-refractivity contribution in [1.82, 2.24) is 0 Å². The Morgan fingerprint density at radius 1 is 1.11 bits per heavy atom. The second-order valence-electron chi connectivity index (χ2n) is 5.64. The van der Waals surface area contributed by atoms with E-state index >= 15 is 0 Å². The average molecular weight is 388 g/mol. The number of hydrogen-bond acceptors (Lipinski definition) is 7. The SMILES string of the molecule is CCc1ccc(OCC(=O)OCC(=O)Nc2ccc([N+](=O)[O-])cc2OC)cc1. The van der Waals surface area contributed by atoms with Crippen LogP contribution in [0.1, 0.15) is 12.5 Å². The topological polar surface area (TPSA) is 117 Å². The molecule has 0 radical (unpaired) electrons. The summed E-state index contributed by atoms with van der Waals surface area (Å²) in [4.78, 5) is 33.8. The van der Waals surface area contributed by atoms with Crippen LogP contribution < -0.4 is 14.8 Å². The molecule has 148 valence electrons. The molecule has 0 aliphatic rings. The first-order chi connectivity index (χ1) is 13.4. The molecule has 0 aliphatic heterocycles. The Balaban J connectivity index is 1.81. The van der Waals surface area contributed by atoms with Gasteiger partial charge in [-0.2, -0.15) is 0 Å². The van der Waals surface area contributed by atoms with Crippen molar-refractivity contribution in [2.45, 2.75) is 13.3 Å². The van der Waals surface area contributed by atoms with Gasteiger partial charge in [0.25, 0.3) is 11.6 Å².